The molecule has 0 aliphatic heterocycles. The van der Waals surface area contributed by atoms with Gasteiger partial charge in [-0.3, -0.25) is 4.79 Å². The summed E-state index contributed by atoms with van der Waals surface area (Å²) in [5.41, 5.74) is 2.03. The average molecular weight is 406 g/mol. The highest BCUT2D eigenvalue weighted by molar-refractivity contribution is 5.86. The van der Waals surface area contributed by atoms with Crippen molar-refractivity contribution in [2.45, 2.75) is 12.5 Å². The molecule has 0 saturated heterocycles. The van der Waals surface area contributed by atoms with E-state index in [0.717, 1.165) is 10.9 Å². The number of para-hydroxylation sites is 1. The van der Waals surface area contributed by atoms with Crippen molar-refractivity contribution in [2.75, 3.05) is 14.2 Å². The molecule has 0 aliphatic carbocycles. The summed E-state index contributed by atoms with van der Waals surface area (Å²) >= 11 is 0. The average Bonchev–Trinajstić information content (AvgIpc) is 3.38. The number of carbonyl (C=O) groups is 1. The molecule has 1 unspecified atom stereocenters. The minimum absolute atomic E-state index is 0.0824. The molecule has 2 aromatic heterocycles. The number of carbonyl (C=O) groups excluding carboxylic acids is 1. The van der Waals surface area contributed by atoms with Crippen LogP contribution in [0.3, 0.4) is 0 Å². The van der Waals surface area contributed by atoms with Gasteiger partial charge in [-0.15, -0.1) is 0 Å². The van der Waals surface area contributed by atoms with E-state index in [-0.39, 0.29) is 12.3 Å². The zero-order chi connectivity index (χ0) is 21.1. The van der Waals surface area contributed by atoms with Crippen LogP contribution >= 0.6 is 0 Å². The fraction of sp³-hybridized carbons (Fsp3) is 0.227. The molecular weight excluding hydrogens is 384 g/mol. The molecule has 0 saturated carbocycles. The first-order valence-electron chi connectivity index (χ1n) is 9.42. The summed E-state index contributed by atoms with van der Waals surface area (Å²) in [6.07, 6.45) is 3.60. The van der Waals surface area contributed by atoms with Crippen LogP contribution in [0.2, 0.25) is 0 Å². The van der Waals surface area contributed by atoms with Crippen molar-refractivity contribution in [1.82, 2.24) is 20.0 Å². The Kier molecular flexibility index (Phi) is 5.38. The van der Waals surface area contributed by atoms with Crippen molar-refractivity contribution >= 4 is 16.9 Å². The highest BCUT2D eigenvalue weighted by atomic mass is 16.5. The Labute approximate surface area is 173 Å². The molecule has 1 amide bonds. The molecule has 1 atom stereocenters. The van der Waals surface area contributed by atoms with Crippen LogP contribution in [0.4, 0.5) is 0 Å². The molecule has 0 fully saturated rings. The number of nitrogens with zero attached hydrogens (tertiary/aromatic N) is 3. The largest absolute Gasteiger partial charge is 0.497 e. The molecule has 4 aromatic rings. The number of imidazole rings is 1. The fourth-order valence-corrected chi connectivity index (χ4v) is 3.38. The van der Waals surface area contributed by atoms with Crippen molar-refractivity contribution in [3.05, 3.63) is 71.9 Å². The molecule has 4 rings (SSSR count). The lowest BCUT2D eigenvalue weighted by molar-refractivity contribution is -0.121. The Balaban J connectivity index is 1.66. The summed E-state index contributed by atoms with van der Waals surface area (Å²) in [6.45, 7) is 0. The third-order valence-electron chi connectivity index (χ3n) is 4.91. The van der Waals surface area contributed by atoms with Gasteiger partial charge < -0.3 is 23.9 Å². The van der Waals surface area contributed by atoms with Crippen LogP contribution in [-0.4, -0.2) is 34.8 Å². The van der Waals surface area contributed by atoms with Crippen LogP contribution in [0.25, 0.3) is 11.0 Å². The third-order valence-corrected chi connectivity index (χ3v) is 4.91. The summed E-state index contributed by atoms with van der Waals surface area (Å²) in [5, 5.41) is 7.94. The molecule has 0 bridgehead atoms. The van der Waals surface area contributed by atoms with E-state index < -0.39 is 6.04 Å². The zero-order valence-electron chi connectivity index (χ0n) is 17.0. The van der Waals surface area contributed by atoms with Gasteiger partial charge in [-0.2, -0.15) is 0 Å². The number of rotatable bonds is 7. The van der Waals surface area contributed by atoms with Gasteiger partial charge in [0.25, 0.3) is 0 Å². The molecule has 154 valence electrons. The molecule has 30 heavy (non-hydrogen) atoms. The minimum Gasteiger partial charge on any atom is -0.497 e. The number of benzene rings is 2. The van der Waals surface area contributed by atoms with Crippen LogP contribution in [-0.2, 0) is 18.3 Å². The van der Waals surface area contributed by atoms with E-state index in [0.29, 0.717) is 28.6 Å². The minimum atomic E-state index is -0.500. The second-order valence-electron chi connectivity index (χ2n) is 6.85. The maximum atomic E-state index is 13.0. The number of nitrogens with one attached hydrogen (secondary N) is 1. The summed E-state index contributed by atoms with van der Waals surface area (Å²) in [4.78, 5) is 17.4. The predicted molar refractivity (Wildman–Crippen MR) is 110 cm³/mol. The number of ether oxygens (including phenoxy) is 2. The van der Waals surface area contributed by atoms with Gasteiger partial charge in [-0.1, -0.05) is 17.3 Å². The van der Waals surface area contributed by atoms with Gasteiger partial charge in [0.2, 0.25) is 5.91 Å². The Morgan fingerprint density at radius 2 is 1.90 bits per heavy atom. The standard InChI is InChI=1S/C22H22N4O4/c1-26-9-8-23-22(26)21(14-10-15(28-2)12-16(11-14)29-3)24-20(27)13-18-17-6-4-5-7-19(17)30-25-18/h4-12,21H,13H2,1-3H3,(H,24,27). The number of amides is 1. The second-order valence-corrected chi connectivity index (χ2v) is 6.85. The normalized spacial score (nSPS) is 12.0. The molecule has 1 N–H and O–H groups in total. The SMILES string of the molecule is COc1cc(OC)cc(C(NC(=O)Cc2noc3ccccc23)c2nccn2C)c1. The lowest BCUT2D eigenvalue weighted by Gasteiger charge is -2.20. The van der Waals surface area contributed by atoms with Gasteiger partial charge in [0.1, 0.15) is 29.1 Å². The molecule has 2 aromatic carbocycles. The lowest BCUT2D eigenvalue weighted by Crippen LogP contribution is -2.32. The van der Waals surface area contributed by atoms with E-state index in [2.05, 4.69) is 15.5 Å². The number of aromatic nitrogens is 3. The Morgan fingerprint density at radius 1 is 1.17 bits per heavy atom. The molecule has 0 radical (unpaired) electrons. The Bertz CT molecular complexity index is 1160. The van der Waals surface area contributed by atoms with Gasteiger partial charge in [-0.25, -0.2) is 4.98 Å². The van der Waals surface area contributed by atoms with E-state index in [1.807, 2.05) is 54.2 Å². The number of aryl methyl sites for hydroxylation is 1. The van der Waals surface area contributed by atoms with Crippen LogP contribution < -0.4 is 14.8 Å². The van der Waals surface area contributed by atoms with E-state index >= 15 is 0 Å². The monoisotopic (exact) mass is 406 g/mol. The first kappa shape index (κ1) is 19.5. The molecular formula is C22H22N4O4. The number of hydrogen-bond acceptors (Lipinski definition) is 6. The van der Waals surface area contributed by atoms with E-state index in [4.69, 9.17) is 14.0 Å². The van der Waals surface area contributed by atoms with Crippen LogP contribution in [0, 0.1) is 0 Å². The van der Waals surface area contributed by atoms with E-state index in [1.165, 1.54) is 0 Å². The quantitative estimate of drug-likeness (QED) is 0.507. The Morgan fingerprint density at radius 3 is 2.57 bits per heavy atom. The number of hydrogen-bond donors (Lipinski definition) is 1. The van der Waals surface area contributed by atoms with E-state index in [9.17, 15) is 4.79 Å². The van der Waals surface area contributed by atoms with Gasteiger partial charge >= 0.3 is 0 Å². The fourth-order valence-electron chi connectivity index (χ4n) is 3.38. The third kappa shape index (κ3) is 3.84. The summed E-state index contributed by atoms with van der Waals surface area (Å²) < 4.78 is 18.0. The second kappa shape index (κ2) is 8.28. The van der Waals surface area contributed by atoms with Crippen LogP contribution in [0.5, 0.6) is 11.5 Å². The van der Waals surface area contributed by atoms with Crippen LogP contribution in [0.15, 0.2) is 59.4 Å². The molecule has 0 spiro atoms. The van der Waals surface area contributed by atoms with Gasteiger partial charge in [0, 0.05) is 30.9 Å². The number of fused-ring (bicyclic) bond motifs is 1. The maximum absolute atomic E-state index is 13.0. The first-order chi connectivity index (χ1) is 14.6. The molecule has 8 heteroatoms. The highest BCUT2D eigenvalue weighted by Crippen LogP contribution is 2.29. The zero-order valence-corrected chi connectivity index (χ0v) is 17.0. The van der Waals surface area contributed by atoms with Crippen molar-refractivity contribution < 1.29 is 18.8 Å². The van der Waals surface area contributed by atoms with Crippen molar-refractivity contribution in [2.24, 2.45) is 7.05 Å². The van der Waals surface area contributed by atoms with Crippen molar-refractivity contribution in [3.8, 4) is 11.5 Å². The van der Waals surface area contributed by atoms with Gasteiger partial charge in [0.05, 0.1) is 20.6 Å². The van der Waals surface area contributed by atoms with Crippen LogP contribution in [0.1, 0.15) is 23.1 Å². The lowest BCUT2D eigenvalue weighted by atomic mass is 10.0. The maximum Gasteiger partial charge on any atom is 0.227 e. The summed E-state index contributed by atoms with van der Waals surface area (Å²) in [5.74, 6) is 1.73. The molecule has 2 heterocycles. The summed E-state index contributed by atoms with van der Waals surface area (Å²) in [6, 6.07) is 12.5. The topological polar surface area (TPSA) is 91.4 Å². The molecule has 0 aliphatic rings. The number of methoxy groups -OCH3 is 2. The van der Waals surface area contributed by atoms with Crippen molar-refractivity contribution in [1.29, 1.82) is 0 Å². The van der Waals surface area contributed by atoms with E-state index in [1.54, 1.807) is 26.5 Å². The van der Waals surface area contributed by atoms with Gasteiger partial charge in [-0.05, 0) is 29.8 Å². The smallest absolute Gasteiger partial charge is 0.227 e. The molecule has 8 nitrogen and oxygen atoms in total. The Hall–Kier alpha value is -3.81. The first-order valence-corrected chi connectivity index (χ1v) is 9.42. The highest BCUT2D eigenvalue weighted by Gasteiger charge is 2.23. The van der Waals surface area contributed by atoms with Gasteiger partial charge in [0.15, 0.2) is 5.58 Å². The summed E-state index contributed by atoms with van der Waals surface area (Å²) in [7, 11) is 5.05. The predicted octanol–water partition coefficient (Wildman–Crippen LogP) is 3.03. The van der Waals surface area contributed by atoms with Crippen molar-refractivity contribution in [3.63, 3.8) is 0 Å².